The van der Waals surface area contributed by atoms with Crippen LogP contribution in [0, 0.1) is 17.2 Å². The van der Waals surface area contributed by atoms with Crippen molar-refractivity contribution in [2.75, 3.05) is 20.6 Å². The van der Waals surface area contributed by atoms with Gasteiger partial charge in [0.1, 0.15) is 0 Å². The molecule has 14 heavy (non-hydrogen) atoms. The lowest BCUT2D eigenvalue weighted by molar-refractivity contribution is -0.135. The second-order valence-electron chi connectivity index (χ2n) is 3.62. The van der Waals surface area contributed by atoms with Crippen molar-refractivity contribution in [2.45, 2.75) is 26.3 Å². The van der Waals surface area contributed by atoms with Crippen LogP contribution in [0.3, 0.4) is 0 Å². The van der Waals surface area contributed by atoms with Crippen molar-refractivity contribution in [3.05, 3.63) is 0 Å². The zero-order valence-electron chi connectivity index (χ0n) is 9.37. The summed E-state index contributed by atoms with van der Waals surface area (Å²) in [5.41, 5.74) is 0. The molecule has 4 nitrogen and oxygen atoms in total. The minimum absolute atomic E-state index is 0.00759. The maximum Gasteiger partial charge on any atom is 0.226 e. The molecule has 0 aliphatic carbocycles. The van der Waals surface area contributed by atoms with Gasteiger partial charge in [-0.25, -0.2) is 0 Å². The summed E-state index contributed by atoms with van der Waals surface area (Å²) in [6, 6.07) is 2.06. The van der Waals surface area contributed by atoms with Crippen molar-refractivity contribution < 1.29 is 4.79 Å². The summed E-state index contributed by atoms with van der Waals surface area (Å²) in [5, 5.41) is 11.5. The van der Waals surface area contributed by atoms with Gasteiger partial charge in [0.15, 0.2) is 0 Å². The number of nitriles is 1. The molecular formula is C10H19N3O. The molecule has 0 bridgehead atoms. The lowest BCUT2D eigenvalue weighted by Crippen LogP contribution is -2.40. The molecule has 0 fully saturated rings. The van der Waals surface area contributed by atoms with Crippen LogP contribution >= 0.6 is 0 Å². The molecule has 1 N–H and O–H groups in total. The highest BCUT2D eigenvalue weighted by atomic mass is 16.2. The molecule has 0 saturated carbocycles. The summed E-state index contributed by atoms with van der Waals surface area (Å²) in [7, 11) is 3.57. The lowest BCUT2D eigenvalue weighted by Gasteiger charge is -2.26. The summed E-state index contributed by atoms with van der Waals surface area (Å²) in [6.45, 7) is 4.43. The monoisotopic (exact) mass is 197 g/mol. The third kappa shape index (κ3) is 3.75. The Labute approximate surface area is 85.9 Å². The fraction of sp³-hybridized carbons (Fsp3) is 0.800. The van der Waals surface area contributed by atoms with Crippen molar-refractivity contribution in [3.63, 3.8) is 0 Å². The second-order valence-corrected chi connectivity index (χ2v) is 3.62. The zero-order valence-corrected chi connectivity index (χ0v) is 9.37. The number of carbonyl (C=O) groups excluding carboxylic acids is 1. The average molecular weight is 197 g/mol. The first-order valence-corrected chi connectivity index (χ1v) is 4.82. The summed E-state index contributed by atoms with van der Waals surface area (Å²) >= 11 is 0. The molecule has 0 spiro atoms. The highest BCUT2D eigenvalue weighted by Crippen LogP contribution is 2.06. The van der Waals surface area contributed by atoms with Gasteiger partial charge in [0.25, 0.3) is 0 Å². The number of rotatable bonds is 5. The van der Waals surface area contributed by atoms with Crippen LogP contribution in [0.1, 0.15) is 20.3 Å². The molecule has 80 valence electrons. The van der Waals surface area contributed by atoms with Crippen molar-refractivity contribution in [3.8, 4) is 6.07 Å². The topological polar surface area (TPSA) is 56.1 Å². The van der Waals surface area contributed by atoms with Crippen LogP contribution in [0.25, 0.3) is 0 Å². The van der Waals surface area contributed by atoms with Crippen LogP contribution in [-0.4, -0.2) is 37.5 Å². The Kier molecular flexibility index (Phi) is 5.89. The first-order valence-electron chi connectivity index (χ1n) is 4.82. The second kappa shape index (κ2) is 6.39. The quantitative estimate of drug-likeness (QED) is 0.702. The molecule has 0 aromatic heterocycles. The van der Waals surface area contributed by atoms with Crippen molar-refractivity contribution in [1.82, 2.24) is 10.2 Å². The summed E-state index contributed by atoms with van der Waals surface area (Å²) < 4.78 is 0. The van der Waals surface area contributed by atoms with E-state index in [0.717, 1.165) is 0 Å². The Morgan fingerprint density at radius 1 is 1.57 bits per heavy atom. The van der Waals surface area contributed by atoms with E-state index in [0.29, 0.717) is 13.0 Å². The van der Waals surface area contributed by atoms with Gasteiger partial charge in [-0.15, -0.1) is 0 Å². The van der Waals surface area contributed by atoms with E-state index in [1.165, 1.54) is 0 Å². The van der Waals surface area contributed by atoms with Gasteiger partial charge in [-0.05, 0) is 14.0 Å². The molecule has 1 amide bonds. The van der Waals surface area contributed by atoms with Gasteiger partial charge in [0.05, 0.1) is 12.5 Å². The predicted octanol–water partition coefficient (Wildman–Crippen LogP) is 0.602. The fourth-order valence-corrected chi connectivity index (χ4v) is 1.23. The van der Waals surface area contributed by atoms with Crippen LogP contribution in [0.4, 0.5) is 0 Å². The number of amides is 1. The smallest absolute Gasteiger partial charge is 0.226 e. The van der Waals surface area contributed by atoms with E-state index in [2.05, 4.69) is 11.4 Å². The van der Waals surface area contributed by atoms with E-state index >= 15 is 0 Å². The number of nitrogens with one attached hydrogen (secondary N) is 1. The van der Waals surface area contributed by atoms with Crippen LogP contribution in [-0.2, 0) is 4.79 Å². The maximum atomic E-state index is 11.7. The number of carbonyl (C=O) groups is 1. The van der Waals surface area contributed by atoms with E-state index in [9.17, 15) is 4.79 Å². The molecule has 2 atom stereocenters. The third-order valence-corrected chi connectivity index (χ3v) is 2.33. The number of hydrogen-bond acceptors (Lipinski definition) is 3. The summed E-state index contributed by atoms with van der Waals surface area (Å²) in [4.78, 5) is 13.4. The Morgan fingerprint density at radius 3 is 2.57 bits per heavy atom. The van der Waals surface area contributed by atoms with Crippen LogP contribution < -0.4 is 5.32 Å². The number of nitrogens with zero attached hydrogens (tertiary/aromatic N) is 2. The van der Waals surface area contributed by atoms with Gasteiger partial charge in [-0.1, -0.05) is 6.92 Å². The lowest BCUT2D eigenvalue weighted by atomic mass is 10.1. The van der Waals surface area contributed by atoms with Gasteiger partial charge in [-0.3, -0.25) is 4.79 Å². The predicted molar refractivity (Wildman–Crippen MR) is 55.6 cm³/mol. The summed E-state index contributed by atoms with van der Waals surface area (Å²) in [5.74, 6) is 0.0493. The highest BCUT2D eigenvalue weighted by molar-refractivity contribution is 5.78. The van der Waals surface area contributed by atoms with Gasteiger partial charge in [-0.2, -0.15) is 5.26 Å². The standard InChI is InChI=1S/C10H19N3O/c1-8(7-12-3)10(14)13(4)9(2)5-6-11/h8-9,12H,5,7H2,1-4H3. The fourth-order valence-electron chi connectivity index (χ4n) is 1.23. The molecule has 0 aromatic rings. The molecule has 0 aliphatic heterocycles. The minimum atomic E-state index is -0.0360. The Hall–Kier alpha value is -1.08. The highest BCUT2D eigenvalue weighted by Gasteiger charge is 2.20. The van der Waals surface area contributed by atoms with E-state index in [1.807, 2.05) is 20.9 Å². The minimum Gasteiger partial charge on any atom is -0.342 e. The molecule has 0 radical (unpaired) electrons. The maximum absolute atomic E-state index is 11.7. The largest absolute Gasteiger partial charge is 0.342 e. The average Bonchev–Trinajstić information content (AvgIpc) is 2.16. The van der Waals surface area contributed by atoms with E-state index < -0.39 is 0 Å². The molecule has 4 heteroatoms. The molecule has 0 aromatic carbocycles. The van der Waals surface area contributed by atoms with Crippen molar-refractivity contribution in [1.29, 1.82) is 5.26 Å². The van der Waals surface area contributed by atoms with Crippen LogP contribution in [0.15, 0.2) is 0 Å². The summed E-state index contributed by atoms with van der Waals surface area (Å²) in [6.07, 6.45) is 0.383. The number of hydrogen-bond donors (Lipinski definition) is 1. The Bertz CT molecular complexity index is 222. The zero-order chi connectivity index (χ0) is 11.1. The SMILES string of the molecule is CNCC(C)C(=O)N(C)C(C)CC#N. The molecule has 2 unspecified atom stereocenters. The van der Waals surface area contributed by atoms with E-state index in [4.69, 9.17) is 5.26 Å². The Balaban J connectivity index is 4.17. The first-order chi connectivity index (χ1) is 6.54. The molecule has 0 aliphatic rings. The Morgan fingerprint density at radius 2 is 2.14 bits per heavy atom. The van der Waals surface area contributed by atoms with Gasteiger partial charge in [0.2, 0.25) is 5.91 Å². The first kappa shape index (κ1) is 12.9. The molecule has 0 rings (SSSR count). The normalized spacial score (nSPS) is 14.2. The van der Waals surface area contributed by atoms with Gasteiger partial charge < -0.3 is 10.2 Å². The molecular weight excluding hydrogens is 178 g/mol. The van der Waals surface area contributed by atoms with Gasteiger partial charge in [0, 0.05) is 25.6 Å². The van der Waals surface area contributed by atoms with Gasteiger partial charge >= 0.3 is 0 Å². The van der Waals surface area contributed by atoms with Crippen molar-refractivity contribution >= 4 is 5.91 Å². The van der Waals surface area contributed by atoms with Crippen LogP contribution in [0.2, 0.25) is 0 Å². The van der Waals surface area contributed by atoms with E-state index in [-0.39, 0.29) is 17.9 Å². The molecule has 0 heterocycles. The van der Waals surface area contributed by atoms with Crippen LogP contribution in [0.5, 0.6) is 0 Å². The molecule has 0 saturated heterocycles. The third-order valence-electron chi connectivity index (χ3n) is 2.33. The van der Waals surface area contributed by atoms with Crippen molar-refractivity contribution in [2.24, 2.45) is 5.92 Å². The van der Waals surface area contributed by atoms with E-state index in [1.54, 1.807) is 11.9 Å².